The maximum atomic E-state index is 12.9. The summed E-state index contributed by atoms with van der Waals surface area (Å²) in [7, 11) is 1.90. The Morgan fingerprint density at radius 3 is 2.95 bits per heavy atom. The largest absolute Gasteiger partial charge is 0.338 e. The van der Waals surface area contributed by atoms with E-state index in [0.717, 1.165) is 26.1 Å². The summed E-state index contributed by atoms with van der Waals surface area (Å²) in [6.45, 7) is 2.37. The molecule has 2 rings (SSSR count). The SMILES string of the molecule is CNCC1CCN(C(=O)c2ccc(F)cc2Cl)C1.Cl. The highest BCUT2D eigenvalue weighted by molar-refractivity contribution is 6.33. The van der Waals surface area contributed by atoms with Gasteiger partial charge in [-0.05, 0) is 44.1 Å². The van der Waals surface area contributed by atoms with Crippen molar-refractivity contribution in [2.45, 2.75) is 6.42 Å². The van der Waals surface area contributed by atoms with Gasteiger partial charge in [-0.25, -0.2) is 4.39 Å². The van der Waals surface area contributed by atoms with Crippen LogP contribution in [0.5, 0.6) is 0 Å². The quantitative estimate of drug-likeness (QED) is 0.931. The van der Waals surface area contributed by atoms with Crippen LogP contribution in [0.3, 0.4) is 0 Å². The molecule has 1 aromatic rings. The van der Waals surface area contributed by atoms with E-state index in [-0.39, 0.29) is 23.3 Å². The van der Waals surface area contributed by atoms with Crippen LogP contribution in [0.2, 0.25) is 5.02 Å². The van der Waals surface area contributed by atoms with Crippen LogP contribution in [0.15, 0.2) is 18.2 Å². The second-order valence-corrected chi connectivity index (χ2v) is 4.99. The van der Waals surface area contributed by atoms with Gasteiger partial charge in [0, 0.05) is 13.1 Å². The summed E-state index contributed by atoms with van der Waals surface area (Å²) in [5.41, 5.74) is 0.378. The minimum absolute atomic E-state index is 0. The number of rotatable bonds is 3. The molecule has 0 aliphatic carbocycles. The van der Waals surface area contributed by atoms with Crippen molar-refractivity contribution < 1.29 is 9.18 Å². The molecule has 1 N–H and O–H groups in total. The van der Waals surface area contributed by atoms with Crippen molar-refractivity contribution in [2.24, 2.45) is 5.92 Å². The van der Waals surface area contributed by atoms with Crippen molar-refractivity contribution in [3.05, 3.63) is 34.6 Å². The lowest BCUT2D eigenvalue weighted by Crippen LogP contribution is -2.30. The fourth-order valence-electron chi connectivity index (χ4n) is 2.31. The zero-order chi connectivity index (χ0) is 13.1. The molecule has 1 saturated heterocycles. The molecule has 0 radical (unpaired) electrons. The van der Waals surface area contributed by atoms with Crippen LogP contribution in [-0.4, -0.2) is 37.5 Å². The molecule has 1 aromatic carbocycles. The van der Waals surface area contributed by atoms with Gasteiger partial charge in [-0.1, -0.05) is 11.6 Å². The molecule has 1 atom stereocenters. The van der Waals surface area contributed by atoms with Gasteiger partial charge in [0.25, 0.3) is 5.91 Å². The zero-order valence-electron chi connectivity index (χ0n) is 10.7. The Labute approximate surface area is 123 Å². The van der Waals surface area contributed by atoms with E-state index in [0.29, 0.717) is 11.5 Å². The summed E-state index contributed by atoms with van der Waals surface area (Å²) in [6, 6.07) is 3.89. The number of hydrogen-bond acceptors (Lipinski definition) is 2. The molecule has 1 aliphatic rings. The molecule has 0 spiro atoms. The van der Waals surface area contributed by atoms with Gasteiger partial charge < -0.3 is 10.2 Å². The summed E-state index contributed by atoms with van der Waals surface area (Å²) in [5, 5.41) is 3.29. The van der Waals surface area contributed by atoms with Crippen molar-refractivity contribution in [3.63, 3.8) is 0 Å². The maximum Gasteiger partial charge on any atom is 0.255 e. The molecule has 106 valence electrons. The highest BCUT2D eigenvalue weighted by Crippen LogP contribution is 2.23. The number of carbonyl (C=O) groups excluding carboxylic acids is 1. The zero-order valence-corrected chi connectivity index (χ0v) is 12.2. The lowest BCUT2D eigenvalue weighted by Gasteiger charge is -2.17. The lowest BCUT2D eigenvalue weighted by atomic mass is 10.1. The van der Waals surface area contributed by atoms with Crippen molar-refractivity contribution >= 4 is 29.9 Å². The molecule has 6 heteroatoms. The number of benzene rings is 1. The Morgan fingerprint density at radius 2 is 2.32 bits per heavy atom. The molecule has 1 aliphatic heterocycles. The van der Waals surface area contributed by atoms with E-state index in [1.54, 1.807) is 4.90 Å². The molecule has 19 heavy (non-hydrogen) atoms. The molecular weight excluding hydrogens is 290 g/mol. The number of nitrogens with one attached hydrogen (secondary N) is 1. The summed E-state index contributed by atoms with van der Waals surface area (Å²) in [5.74, 6) is -0.0530. The first-order valence-corrected chi connectivity index (χ1v) is 6.38. The van der Waals surface area contributed by atoms with Gasteiger partial charge in [0.2, 0.25) is 0 Å². The van der Waals surface area contributed by atoms with Gasteiger partial charge in [-0.3, -0.25) is 4.79 Å². The van der Waals surface area contributed by atoms with Crippen molar-refractivity contribution in [1.29, 1.82) is 0 Å². The average molecular weight is 307 g/mol. The van der Waals surface area contributed by atoms with E-state index in [4.69, 9.17) is 11.6 Å². The molecule has 3 nitrogen and oxygen atoms in total. The summed E-state index contributed by atoms with van der Waals surface area (Å²) >= 11 is 5.90. The van der Waals surface area contributed by atoms with Crippen LogP contribution in [0.4, 0.5) is 4.39 Å². The standard InChI is InChI=1S/C13H16ClFN2O.ClH/c1-16-7-9-4-5-17(8-9)13(18)11-3-2-10(15)6-12(11)14;/h2-3,6,9,16H,4-5,7-8H2,1H3;1H. The lowest BCUT2D eigenvalue weighted by molar-refractivity contribution is 0.0787. The van der Waals surface area contributed by atoms with E-state index in [1.807, 2.05) is 7.05 Å². The monoisotopic (exact) mass is 306 g/mol. The van der Waals surface area contributed by atoms with E-state index in [2.05, 4.69) is 5.32 Å². The van der Waals surface area contributed by atoms with Gasteiger partial charge in [0.15, 0.2) is 0 Å². The van der Waals surface area contributed by atoms with E-state index >= 15 is 0 Å². The molecule has 1 amide bonds. The van der Waals surface area contributed by atoms with E-state index in [9.17, 15) is 9.18 Å². The molecular formula is C13H17Cl2FN2O. The summed E-state index contributed by atoms with van der Waals surface area (Å²) in [4.78, 5) is 14.0. The molecule has 1 heterocycles. The fraction of sp³-hybridized carbons (Fsp3) is 0.462. The average Bonchev–Trinajstić information content (AvgIpc) is 2.77. The van der Waals surface area contributed by atoms with Crippen molar-refractivity contribution in [3.8, 4) is 0 Å². The van der Waals surface area contributed by atoms with Crippen LogP contribution in [-0.2, 0) is 0 Å². The van der Waals surface area contributed by atoms with E-state index in [1.165, 1.54) is 18.2 Å². The molecule has 1 fully saturated rings. The van der Waals surface area contributed by atoms with Gasteiger partial charge in [0.05, 0.1) is 10.6 Å². The number of hydrogen-bond donors (Lipinski definition) is 1. The smallest absolute Gasteiger partial charge is 0.255 e. The van der Waals surface area contributed by atoms with Crippen LogP contribution in [0.25, 0.3) is 0 Å². The molecule has 0 bridgehead atoms. The first kappa shape index (κ1) is 16.2. The molecule has 1 unspecified atom stereocenters. The Balaban J connectivity index is 0.00000180. The third-order valence-electron chi connectivity index (χ3n) is 3.23. The van der Waals surface area contributed by atoms with Gasteiger partial charge in [-0.15, -0.1) is 12.4 Å². The van der Waals surface area contributed by atoms with E-state index < -0.39 is 5.82 Å². The second-order valence-electron chi connectivity index (χ2n) is 4.59. The number of likely N-dealkylation sites (tertiary alicyclic amines) is 1. The van der Waals surface area contributed by atoms with Crippen molar-refractivity contribution in [2.75, 3.05) is 26.7 Å². The van der Waals surface area contributed by atoms with Crippen LogP contribution in [0.1, 0.15) is 16.8 Å². The number of amides is 1. The Hall–Kier alpha value is -0.840. The minimum atomic E-state index is -0.425. The topological polar surface area (TPSA) is 32.3 Å². The summed E-state index contributed by atoms with van der Waals surface area (Å²) in [6.07, 6.45) is 0.991. The number of halogens is 3. The van der Waals surface area contributed by atoms with Crippen molar-refractivity contribution in [1.82, 2.24) is 10.2 Å². The van der Waals surface area contributed by atoms with Crippen LogP contribution < -0.4 is 5.32 Å². The fourth-order valence-corrected chi connectivity index (χ4v) is 2.55. The minimum Gasteiger partial charge on any atom is -0.338 e. The maximum absolute atomic E-state index is 12.9. The van der Waals surface area contributed by atoms with Gasteiger partial charge in [0.1, 0.15) is 5.82 Å². The second kappa shape index (κ2) is 7.08. The normalized spacial score (nSPS) is 18.3. The Kier molecular flexibility index (Phi) is 6.04. The first-order valence-electron chi connectivity index (χ1n) is 6.00. The third kappa shape index (κ3) is 3.81. The highest BCUT2D eigenvalue weighted by Gasteiger charge is 2.27. The van der Waals surface area contributed by atoms with Crippen LogP contribution >= 0.6 is 24.0 Å². The predicted octanol–water partition coefficient (Wildman–Crippen LogP) is 2.58. The Bertz CT molecular complexity index is 456. The summed E-state index contributed by atoms with van der Waals surface area (Å²) < 4.78 is 12.9. The number of nitrogens with zero attached hydrogens (tertiary/aromatic N) is 1. The Morgan fingerprint density at radius 1 is 1.58 bits per heavy atom. The number of carbonyl (C=O) groups is 1. The molecule has 0 saturated carbocycles. The van der Waals surface area contributed by atoms with Gasteiger partial charge >= 0.3 is 0 Å². The van der Waals surface area contributed by atoms with Gasteiger partial charge in [-0.2, -0.15) is 0 Å². The van der Waals surface area contributed by atoms with Crippen LogP contribution in [0, 0.1) is 11.7 Å². The third-order valence-corrected chi connectivity index (χ3v) is 3.54. The first-order chi connectivity index (χ1) is 8.61. The molecule has 0 aromatic heterocycles. The predicted molar refractivity (Wildman–Crippen MR) is 76.6 cm³/mol. The highest BCUT2D eigenvalue weighted by atomic mass is 35.5.